The van der Waals surface area contributed by atoms with Crippen molar-refractivity contribution in [1.82, 2.24) is 20.0 Å². The number of rotatable bonds is 8. The lowest BCUT2D eigenvalue weighted by Crippen LogP contribution is -2.52. The molecule has 0 aliphatic carbocycles. The van der Waals surface area contributed by atoms with Gasteiger partial charge in [0.05, 0.1) is 13.2 Å². The number of nitrogens with zero attached hydrogens (tertiary/aromatic N) is 3. The minimum Gasteiger partial charge on any atom is -0.379 e. The topological polar surface area (TPSA) is 76.5 Å². The Morgan fingerprint density at radius 2 is 1.90 bits per heavy atom. The highest BCUT2D eigenvalue weighted by Crippen LogP contribution is 2.20. The molecule has 1 saturated heterocycles. The SMILES string of the molecule is CCC(CC)[C@H](CNC(=O)c1nn(-c2ccccc2F)c(C)cc1=O)N1CCOCC1. The summed E-state index contributed by atoms with van der Waals surface area (Å²) >= 11 is 0. The van der Waals surface area contributed by atoms with Gasteiger partial charge in [0.2, 0.25) is 5.43 Å². The highest BCUT2D eigenvalue weighted by atomic mass is 19.1. The third kappa shape index (κ3) is 5.37. The number of nitrogens with one attached hydrogen (secondary N) is 1. The first-order valence-electron chi connectivity index (χ1n) is 10.9. The van der Waals surface area contributed by atoms with Crippen LogP contribution in [-0.2, 0) is 4.74 Å². The first kappa shape index (κ1) is 23.1. The fourth-order valence-electron chi connectivity index (χ4n) is 4.19. The minimum atomic E-state index is -0.542. The zero-order valence-corrected chi connectivity index (χ0v) is 18.4. The largest absolute Gasteiger partial charge is 0.379 e. The van der Waals surface area contributed by atoms with Crippen LogP contribution in [0.5, 0.6) is 0 Å². The monoisotopic (exact) mass is 430 g/mol. The maximum absolute atomic E-state index is 14.3. The number of amides is 1. The van der Waals surface area contributed by atoms with Crippen LogP contribution >= 0.6 is 0 Å². The van der Waals surface area contributed by atoms with E-state index in [0.717, 1.165) is 25.9 Å². The molecule has 0 unspecified atom stereocenters. The number of aromatic nitrogens is 2. The van der Waals surface area contributed by atoms with Crippen LogP contribution in [0.3, 0.4) is 0 Å². The molecule has 0 radical (unpaired) electrons. The van der Waals surface area contributed by atoms with Crippen molar-refractivity contribution >= 4 is 5.91 Å². The second-order valence-electron chi connectivity index (χ2n) is 7.86. The van der Waals surface area contributed by atoms with Crippen molar-refractivity contribution in [2.75, 3.05) is 32.8 Å². The van der Waals surface area contributed by atoms with E-state index in [9.17, 15) is 14.0 Å². The van der Waals surface area contributed by atoms with Crippen LogP contribution < -0.4 is 10.7 Å². The van der Waals surface area contributed by atoms with Gasteiger partial charge < -0.3 is 10.1 Å². The van der Waals surface area contributed by atoms with Gasteiger partial charge >= 0.3 is 0 Å². The molecule has 1 atom stereocenters. The number of morpholine rings is 1. The summed E-state index contributed by atoms with van der Waals surface area (Å²) in [6.07, 6.45) is 1.99. The van der Waals surface area contributed by atoms with Gasteiger partial charge in [0.25, 0.3) is 5.91 Å². The Balaban J connectivity index is 1.82. The lowest BCUT2D eigenvalue weighted by molar-refractivity contribution is 0.00189. The van der Waals surface area contributed by atoms with E-state index in [1.165, 1.54) is 16.8 Å². The zero-order chi connectivity index (χ0) is 22.4. The van der Waals surface area contributed by atoms with Crippen LogP contribution in [0.1, 0.15) is 42.9 Å². The molecular formula is C23H31FN4O3. The molecule has 1 aromatic carbocycles. The van der Waals surface area contributed by atoms with Crippen molar-refractivity contribution in [2.24, 2.45) is 5.92 Å². The fourth-order valence-corrected chi connectivity index (χ4v) is 4.19. The summed E-state index contributed by atoms with van der Waals surface area (Å²) in [7, 11) is 0. The van der Waals surface area contributed by atoms with E-state index in [1.54, 1.807) is 25.1 Å². The highest BCUT2D eigenvalue weighted by Gasteiger charge is 2.28. The summed E-state index contributed by atoms with van der Waals surface area (Å²) in [5, 5.41) is 7.11. The molecule has 3 rings (SSSR count). The van der Waals surface area contributed by atoms with Crippen LogP contribution in [0.2, 0.25) is 0 Å². The quantitative estimate of drug-likeness (QED) is 0.697. The van der Waals surface area contributed by atoms with Gasteiger partial charge in [0, 0.05) is 37.4 Å². The van der Waals surface area contributed by atoms with Crippen LogP contribution in [0.15, 0.2) is 35.1 Å². The van der Waals surface area contributed by atoms with Gasteiger partial charge in [-0.25, -0.2) is 9.07 Å². The van der Waals surface area contributed by atoms with Crippen LogP contribution in [0.25, 0.3) is 5.69 Å². The van der Waals surface area contributed by atoms with Gasteiger partial charge in [-0.3, -0.25) is 14.5 Å². The van der Waals surface area contributed by atoms with Gasteiger partial charge in [0.1, 0.15) is 11.5 Å². The molecule has 1 amide bonds. The zero-order valence-electron chi connectivity index (χ0n) is 18.4. The second-order valence-corrected chi connectivity index (χ2v) is 7.86. The van der Waals surface area contributed by atoms with E-state index >= 15 is 0 Å². The summed E-state index contributed by atoms with van der Waals surface area (Å²) in [5.41, 5.74) is -0.0701. The van der Waals surface area contributed by atoms with Gasteiger partial charge in [-0.1, -0.05) is 38.8 Å². The van der Waals surface area contributed by atoms with E-state index < -0.39 is 17.2 Å². The van der Waals surface area contributed by atoms with E-state index in [2.05, 4.69) is 29.2 Å². The number of halogens is 1. The number of hydrogen-bond donors (Lipinski definition) is 1. The van der Waals surface area contributed by atoms with E-state index in [1.807, 2.05) is 0 Å². The molecule has 1 aromatic heterocycles. The molecule has 1 fully saturated rings. The fraction of sp³-hybridized carbons (Fsp3) is 0.522. The molecule has 0 saturated carbocycles. The van der Waals surface area contributed by atoms with E-state index in [0.29, 0.717) is 31.4 Å². The Hall–Kier alpha value is -2.58. The summed E-state index contributed by atoms with van der Waals surface area (Å²) in [6, 6.07) is 7.60. The molecule has 0 bridgehead atoms. The number of hydrogen-bond acceptors (Lipinski definition) is 5. The molecule has 2 aromatic rings. The predicted octanol–water partition coefficient (Wildman–Crippen LogP) is 2.55. The van der Waals surface area contributed by atoms with Crippen LogP contribution in [-0.4, -0.2) is 59.5 Å². The number of carbonyl (C=O) groups is 1. The number of carbonyl (C=O) groups excluding carboxylic acids is 1. The lowest BCUT2D eigenvalue weighted by atomic mass is 9.92. The maximum atomic E-state index is 14.3. The summed E-state index contributed by atoms with van der Waals surface area (Å²) in [5.74, 6) is -0.604. The average Bonchev–Trinajstić information content (AvgIpc) is 2.78. The standard InChI is InChI=1S/C23H31FN4O3/c1-4-17(5-2)20(27-10-12-31-13-11-27)15-25-23(30)22-21(29)14-16(3)28(26-22)19-9-7-6-8-18(19)24/h6-9,14,17,20H,4-5,10-13,15H2,1-3H3,(H,25,30)/t20-/m0/s1. The molecule has 0 spiro atoms. The summed E-state index contributed by atoms with van der Waals surface area (Å²) < 4.78 is 21.0. The van der Waals surface area contributed by atoms with Crippen molar-refractivity contribution in [3.05, 3.63) is 57.8 Å². The Labute approximate surface area is 182 Å². The predicted molar refractivity (Wildman–Crippen MR) is 117 cm³/mol. The van der Waals surface area contributed by atoms with E-state index in [-0.39, 0.29) is 17.4 Å². The molecular weight excluding hydrogens is 399 g/mol. The Morgan fingerprint density at radius 1 is 1.23 bits per heavy atom. The average molecular weight is 431 g/mol. The lowest BCUT2D eigenvalue weighted by Gasteiger charge is -2.38. The molecule has 1 N–H and O–H groups in total. The first-order valence-corrected chi connectivity index (χ1v) is 10.9. The van der Waals surface area contributed by atoms with Crippen molar-refractivity contribution in [2.45, 2.75) is 39.7 Å². The highest BCUT2D eigenvalue weighted by molar-refractivity contribution is 5.92. The summed E-state index contributed by atoms with van der Waals surface area (Å²) in [4.78, 5) is 27.7. The summed E-state index contributed by atoms with van der Waals surface area (Å²) in [6.45, 7) is 9.37. The molecule has 168 valence electrons. The van der Waals surface area contributed by atoms with E-state index in [4.69, 9.17) is 4.74 Å². The molecule has 1 aliphatic rings. The van der Waals surface area contributed by atoms with Gasteiger partial charge in [-0.05, 0) is 25.0 Å². The number of ether oxygens (including phenoxy) is 1. The first-order chi connectivity index (χ1) is 15.0. The van der Waals surface area contributed by atoms with Crippen molar-refractivity contribution in [1.29, 1.82) is 0 Å². The van der Waals surface area contributed by atoms with Crippen LogP contribution in [0, 0.1) is 18.7 Å². The minimum absolute atomic E-state index is 0.155. The number of aryl methyl sites for hydroxylation is 1. The third-order valence-corrected chi connectivity index (χ3v) is 5.98. The second kappa shape index (κ2) is 10.6. The molecule has 2 heterocycles. The maximum Gasteiger partial charge on any atom is 0.275 e. The van der Waals surface area contributed by atoms with Crippen molar-refractivity contribution in [3.8, 4) is 5.69 Å². The van der Waals surface area contributed by atoms with Crippen LogP contribution in [0.4, 0.5) is 4.39 Å². The molecule has 7 nitrogen and oxygen atoms in total. The number of benzene rings is 1. The Morgan fingerprint density at radius 3 is 2.55 bits per heavy atom. The third-order valence-electron chi connectivity index (χ3n) is 5.98. The Bertz CT molecular complexity index is 952. The van der Waals surface area contributed by atoms with Crippen molar-refractivity contribution < 1.29 is 13.9 Å². The Kier molecular flexibility index (Phi) is 7.92. The molecule has 31 heavy (non-hydrogen) atoms. The normalized spacial score (nSPS) is 15.8. The molecule has 8 heteroatoms. The molecule has 1 aliphatic heterocycles. The smallest absolute Gasteiger partial charge is 0.275 e. The van der Waals surface area contributed by atoms with Gasteiger partial charge in [-0.2, -0.15) is 5.10 Å². The van der Waals surface area contributed by atoms with Crippen molar-refractivity contribution in [3.63, 3.8) is 0 Å². The number of para-hydroxylation sites is 1. The van der Waals surface area contributed by atoms with Gasteiger partial charge in [-0.15, -0.1) is 0 Å². The van der Waals surface area contributed by atoms with Gasteiger partial charge in [0.15, 0.2) is 5.69 Å².